The molecule has 0 spiro atoms. The Bertz CT molecular complexity index is 559. The van der Waals surface area contributed by atoms with Crippen molar-refractivity contribution in [1.29, 1.82) is 0 Å². The van der Waals surface area contributed by atoms with E-state index in [1.807, 2.05) is 19.1 Å². The predicted molar refractivity (Wildman–Crippen MR) is 84.3 cm³/mol. The second-order valence-electron chi connectivity index (χ2n) is 5.44. The summed E-state index contributed by atoms with van der Waals surface area (Å²) >= 11 is 5.82. The molecule has 118 valence electrons. The van der Waals surface area contributed by atoms with Crippen molar-refractivity contribution in [1.82, 2.24) is 4.31 Å². The van der Waals surface area contributed by atoms with Crippen LogP contribution in [0.2, 0.25) is 0 Å². The van der Waals surface area contributed by atoms with Crippen molar-refractivity contribution >= 4 is 21.6 Å². The molecular formula is C15H22ClNO3S. The zero-order valence-electron chi connectivity index (χ0n) is 12.5. The SMILES string of the molecule is CCCc1ccc(S(=O)(=O)N2CC(C)OC(CCl)C2)cc1. The molecule has 1 fully saturated rings. The minimum atomic E-state index is -3.47. The fourth-order valence-corrected chi connectivity index (χ4v) is 4.27. The lowest BCUT2D eigenvalue weighted by Crippen LogP contribution is -2.49. The number of rotatable bonds is 5. The second kappa shape index (κ2) is 7.09. The van der Waals surface area contributed by atoms with Crippen LogP contribution in [0.1, 0.15) is 25.8 Å². The topological polar surface area (TPSA) is 46.6 Å². The molecule has 4 nitrogen and oxygen atoms in total. The summed E-state index contributed by atoms with van der Waals surface area (Å²) in [6.07, 6.45) is 1.62. The van der Waals surface area contributed by atoms with Crippen molar-refractivity contribution in [3.8, 4) is 0 Å². The van der Waals surface area contributed by atoms with Gasteiger partial charge in [0.15, 0.2) is 0 Å². The summed E-state index contributed by atoms with van der Waals surface area (Å²) in [6.45, 7) is 4.65. The molecule has 0 aliphatic carbocycles. The van der Waals surface area contributed by atoms with Crippen LogP contribution in [0.25, 0.3) is 0 Å². The van der Waals surface area contributed by atoms with Crippen molar-refractivity contribution in [2.45, 2.75) is 43.8 Å². The van der Waals surface area contributed by atoms with Crippen molar-refractivity contribution in [2.75, 3.05) is 19.0 Å². The molecule has 2 unspecified atom stereocenters. The molecule has 2 atom stereocenters. The molecule has 0 aromatic heterocycles. The van der Waals surface area contributed by atoms with Gasteiger partial charge in [0.1, 0.15) is 0 Å². The van der Waals surface area contributed by atoms with Crippen LogP contribution in [0.3, 0.4) is 0 Å². The van der Waals surface area contributed by atoms with Gasteiger partial charge in [-0.15, -0.1) is 11.6 Å². The average Bonchev–Trinajstić information content (AvgIpc) is 2.47. The van der Waals surface area contributed by atoms with Crippen molar-refractivity contribution in [3.63, 3.8) is 0 Å². The Balaban J connectivity index is 2.20. The molecule has 6 heteroatoms. The molecule has 21 heavy (non-hydrogen) atoms. The van der Waals surface area contributed by atoms with E-state index >= 15 is 0 Å². The van der Waals surface area contributed by atoms with E-state index < -0.39 is 10.0 Å². The van der Waals surface area contributed by atoms with Gasteiger partial charge in [0, 0.05) is 19.0 Å². The third-order valence-electron chi connectivity index (χ3n) is 3.56. The number of hydrogen-bond donors (Lipinski definition) is 0. The standard InChI is InChI=1S/C15H22ClNO3S/c1-3-4-13-5-7-15(8-6-13)21(18,19)17-10-12(2)20-14(9-16)11-17/h5-8,12,14H,3-4,9-11H2,1-2H3. The van der Waals surface area contributed by atoms with Gasteiger partial charge >= 0.3 is 0 Å². The number of sulfonamides is 1. The predicted octanol–water partition coefficient (Wildman–Crippen LogP) is 2.66. The Hall–Kier alpha value is -0.620. The molecular weight excluding hydrogens is 310 g/mol. The van der Waals surface area contributed by atoms with Gasteiger partial charge in [-0.2, -0.15) is 4.31 Å². The summed E-state index contributed by atoms with van der Waals surface area (Å²) in [5, 5.41) is 0. The normalized spacial score (nSPS) is 24.1. The van der Waals surface area contributed by atoms with E-state index in [4.69, 9.17) is 16.3 Å². The lowest BCUT2D eigenvalue weighted by atomic mass is 10.1. The summed E-state index contributed by atoms with van der Waals surface area (Å²) < 4.78 is 32.5. The summed E-state index contributed by atoms with van der Waals surface area (Å²) in [4.78, 5) is 0.338. The first-order chi connectivity index (χ1) is 9.97. The monoisotopic (exact) mass is 331 g/mol. The molecule has 2 rings (SSSR count). The van der Waals surface area contributed by atoms with Crippen molar-refractivity contribution in [3.05, 3.63) is 29.8 Å². The van der Waals surface area contributed by atoms with E-state index in [2.05, 4.69) is 6.92 Å². The Kier molecular flexibility index (Phi) is 5.66. The first-order valence-corrected chi connectivity index (χ1v) is 9.25. The van der Waals surface area contributed by atoms with Gasteiger partial charge in [0.05, 0.1) is 17.1 Å². The Morgan fingerprint density at radius 1 is 1.29 bits per heavy atom. The maximum atomic E-state index is 12.7. The summed E-state index contributed by atoms with van der Waals surface area (Å²) in [5.74, 6) is 0.297. The largest absolute Gasteiger partial charge is 0.371 e. The third kappa shape index (κ3) is 3.97. The molecule has 0 radical (unpaired) electrons. The van der Waals surface area contributed by atoms with Gasteiger partial charge in [0.2, 0.25) is 10.0 Å². The Labute approximate surface area is 132 Å². The zero-order chi connectivity index (χ0) is 15.5. The minimum Gasteiger partial charge on any atom is -0.371 e. The van der Waals surface area contributed by atoms with Gasteiger partial charge in [0.25, 0.3) is 0 Å². The third-order valence-corrected chi connectivity index (χ3v) is 5.75. The quantitative estimate of drug-likeness (QED) is 0.779. The number of alkyl halides is 1. The molecule has 1 aromatic carbocycles. The van der Waals surface area contributed by atoms with E-state index in [1.54, 1.807) is 12.1 Å². The zero-order valence-corrected chi connectivity index (χ0v) is 14.0. The van der Waals surface area contributed by atoms with Crippen LogP contribution < -0.4 is 0 Å². The van der Waals surface area contributed by atoms with Gasteiger partial charge in [-0.1, -0.05) is 25.5 Å². The Morgan fingerprint density at radius 3 is 2.52 bits per heavy atom. The van der Waals surface area contributed by atoms with Gasteiger partial charge in [-0.05, 0) is 31.0 Å². The van der Waals surface area contributed by atoms with Crippen LogP contribution in [-0.2, 0) is 21.2 Å². The summed E-state index contributed by atoms with van der Waals surface area (Å²) in [6, 6.07) is 7.16. The van der Waals surface area contributed by atoms with Crippen LogP contribution >= 0.6 is 11.6 Å². The first kappa shape index (κ1) is 16.7. The van der Waals surface area contributed by atoms with Gasteiger partial charge in [-0.25, -0.2) is 8.42 Å². The van der Waals surface area contributed by atoms with Crippen LogP contribution in [0.5, 0.6) is 0 Å². The molecule has 0 bridgehead atoms. The van der Waals surface area contributed by atoms with Crippen LogP contribution in [0, 0.1) is 0 Å². The van der Waals surface area contributed by atoms with Crippen LogP contribution in [0.4, 0.5) is 0 Å². The van der Waals surface area contributed by atoms with Gasteiger partial charge in [-0.3, -0.25) is 0 Å². The van der Waals surface area contributed by atoms with E-state index in [0.717, 1.165) is 18.4 Å². The van der Waals surface area contributed by atoms with Crippen LogP contribution in [-0.4, -0.2) is 43.9 Å². The number of nitrogens with zero attached hydrogens (tertiary/aromatic N) is 1. The molecule has 1 saturated heterocycles. The highest BCUT2D eigenvalue weighted by Gasteiger charge is 2.33. The minimum absolute atomic E-state index is 0.142. The van der Waals surface area contributed by atoms with Crippen LogP contribution in [0.15, 0.2) is 29.2 Å². The fraction of sp³-hybridized carbons (Fsp3) is 0.600. The van der Waals surface area contributed by atoms with E-state index in [0.29, 0.717) is 23.9 Å². The highest BCUT2D eigenvalue weighted by atomic mass is 35.5. The highest BCUT2D eigenvalue weighted by Crippen LogP contribution is 2.22. The van der Waals surface area contributed by atoms with E-state index in [-0.39, 0.29) is 12.2 Å². The molecule has 1 aliphatic heterocycles. The number of hydrogen-bond acceptors (Lipinski definition) is 3. The second-order valence-corrected chi connectivity index (χ2v) is 7.69. The first-order valence-electron chi connectivity index (χ1n) is 7.28. The number of aryl methyl sites for hydroxylation is 1. The number of morpholine rings is 1. The molecule has 1 aromatic rings. The smallest absolute Gasteiger partial charge is 0.243 e. The fourth-order valence-electron chi connectivity index (χ4n) is 2.55. The summed E-state index contributed by atoms with van der Waals surface area (Å²) in [7, 11) is -3.47. The lowest BCUT2D eigenvalue weighted by Gasteiger charge is -2.35. The summed E-state index contributed by atoms with van der Waals surface area (Å²) in [5.41, 5.74) is 1.16. The van der Waals surface area contributed by atoms with E-state index in [9.17, 15) is 8.42 Å². The molecule has 0 saturated carbocycles. The number of halogens is 1. The lowest BCUT2D eigenvalue weighted by molar-refractivity contribution is -0.0423. The molecule has 1 heterocycles. The van der Waals surface area contributed by atoms with Crippen molar-refractivity contribution < 1.29 is 13.2 Å². The number of benzene rings is 1. The highest BCUT2D eigenvalue weighted by molar-refractivity contribution is 7.89. The Morgan fingerprint density at radius 2 is 1.95 bits per heavy atom. The maximum Gasteiger partial charge on any atom is 0.243 e. The maximum absolute atomic E-state index is 12.7. The number of ether oxygens (including phenoxy) is 1. The van der Waals surface area contributed by atoms with Crippen molar-refractivity contribution in [2.24, 2.45) is 0 Å². The van der Waals surface area contributed by atoms with E-state index in [1.165, 1.54) is 4.31 Å². The average molecular weight is 332 g/mol. The van der Waals surface area contributed by atoms with Gasteiger partial charge < -0.3 is 4.74 Å². The molecule has 1 aliphatic rings. The molecule has 0 amide bonds. The molecule has 0 N–H and O–H groups in total.